The first kappa shape index (κ1) is 17.8. The number of benzene rings is 1. The molecule has 1 aromatic carbocycles. The molecule has 23 heavy (non-hydrogen) atoms. The van der Waals surface area contributed by atoms with E-state index in [1.807, 2.05) is 32.0 Å². The number of anilines is 1. The fourth-order valence-corrected chi connectivity index (χ4v) is 4.00. The Labute approximate surface area is 139 Å². The minimum absolute atomic E-state index is 0.0733. The first-order valence-electron chi connectivity index (χ1n) is 8.11. The molecule has 0 heterocycles. The van der Waals surface area contributed by atoms with Gasteiger partial charge in [-0.3, -0.25) is 9.10 Å². The molecule has 1 saturated carbocycles. The Kier molecular flexibility index (Phi) is 5.68. The SMILES string of the molecule is Cc1ccc(C)c(N(CCC(=O)NC2CCCC2)S(C)(=O)=O)c1. The van der Waals surface area contributed by atoms with Crippen molar-refractivity contribution in [2.75, 3.05) is 17.1 Å². The van der Waals surface area contributed by atoms with Crippen LogP contribution in [0.3, 0.4) is 0 Å². The third-order valence-corrected chi connectivity index (χ3v) is 5.48. The number of rotatable bonds is 6. The lowest BCUT2D eigenvalue weighted by molar-refractivity contribution is -0.121. The van der Waals surface area contributed by atoms with Crippen molar-refractivity contribution in [3.8, 4) is 0 Å². The van der Waals surface area contributed by atoms with Crippen LogP contribution in [0, 0.1) is 13.8 Å². The van der Waals surface area contributed by atoms with Crippen molar-refractivity contribution in [3.05, 3.63) is 29.3 Å². The van der Waals surface area contributed by atoms with E-state index in [1.54, 1.807) is 0 Å². The average molecular weight is 338 g/mol. The van der Waals surface area contributed by atoms with Crippen molar-refractivity contribution in [1.29, 1.82) is 0 Å². The van der Waals surface area contributed by atoms with E-state index >= 15 is 0 Å². The van der Waals surface area contributed by atoms with E-state index in [-0.39, 0.29) is 24.9 Å². The Morgan fingerprint density at radius 3 is 2.52 bits per heavy atom. The number of hydrogen-bond donors (Lipinski definition) is 1. The first-order valence-corrected chi connectivity index (χ1v) is 9.96. The minimum atomic E-state index is -3.43. The molecule has 128 valence electrons. The van der Waals surface area contributed by atoms with Crippen molar-refractivity contribution in [2.45, 2.75) is 52.0 Å². The van der Waals surface area contributed by atoms with Crippen molar-refractivity contribution in [2.24, 2.45) is 0 Å². The molecule has 0 saturated heterocycles. The molecular formula is C17H26N2O3S. The van der Waals surface area contributed by atoms with Gasteiger partial charge in [0.25, 0.3) is 0 Å². The van der Waals surface area contributed by atoms with E-state index in [2.05, 4.69) is 5.32 Å². The van der Waals surface area contributed by atoms with E-state index in [4.69, 9.17) is 0 Å². The normalized spacial score (nSPS) is 15.6. The molecule has 0 bridgehead atoms. The molecule has 1 fully saturated rings. The summed E-state index contributed by atoms with van der Waals surface area (Å²) >= 11 is 0. The summed E-state index contributed by atoms with van der Waals surface area (Å²) in [7, 11) is -3.43. The third kappa shape index (κ3) is 4.96. The van der Waals surface area contributed by atoms with Gasteiger partial charge >= 0.3 is 0 Å². The van der Waals surface area contributed by atoms with Gasteiger partial charge in [0.1, 0.15) is 0 Å². The van der Waals surface area contributed by atoms with Crippen LogP contribution in [0.5, 0.6) is 0 Å². The molecule has 0 atom stereocenters. The highest BCUT2D eigenvalue weighted by atomic mass is 32.2. The monoisotopic (exact) mass is 338 g/mol. The topological polar surface area (TPSA) is 66.5 Å². The second-order valence-electron chi connectivity index (χ2n) is 6.42. The lowest BCUT2D eigenvalue weighted by atomic mass is 10.1. The van der Waals surface area contributed by atoms with Crippen molar-refractivity contribution < 1.29 is 13.2 Å². The van der Waals surface area contributed by atoms with Gasteiger partial charge in [0.2, 0.25) is 15.9 Å². The highest BCUT2D eigenvalue weighted by molar-refractivity contribution is 7.92. The molecule has 1 amide bonds. The molecule has 0 radical (unpaired) electrons. The molecule has 0 aliphatic heterocycles. The number of hydrogen-bond acceptors (Lipinski definition) is 3. The molecule has 0 spiro atoms. The standard InChI is InChI=1S/C17H26N2O3S/c1-13-8-9-14(2)16(12-13)19(23(3,21)22)11-10-17(20)18-15-6-4-5-7-15/h8-9,12,15H,4-7,10-11H2,1-3H3,(H,18,20). The summed E-state index contributed by atoms with van der Waals surface area (Å²) in [6, 6.07) is 5.97. The maximum absolute atomic E-state index is 12.1. The van der Waals surface area contributed by atoms with Gasteiger partial charge in [-0.05, 0) is 43.9 Å². The maximum atomic E-state index is 12.1. The van der Waals surface area contributed by atoms with Crippen LogP contribution in [0.2, 0.25) is 0 Å². The molecule has 1 aliphatic rings. The summed E-state index contributed by atoms with van der Waals surface area (Å²) in [4.78, 5) is 12.1. The van der Waals surface area contributed by atoms with Gasteiger partial charge in [0.05, 0.1) is 11.9 Å². The minimum Gasteiger partial charge on any atom is -0.353 e. The summed E-state index contributed by atoms with van der Waals surface area (Å²) < 4.78 is 25.6. The van der Waals surface area contributed by atoms with Gasteiger partial charge in [0.15, 0.2) is 0 Å². The highest BCUT2D eigenvalue weighted by Crippen LogP contribution is 2.24. The molecular weight excluding hydrogens is 312 g/mol. The second-order valence-corrected chi connectivity index (χ2v) is 8.33. The van der Waals surface area contributed by atoms with Crippen LogP contribution >= 0.6 is 0 Å². The molecule has 6 heteroatoms. The van der Waals surface area contributed by atoms with Crippen LogP contribution < -0.4 is 9.62 Å². The van der Waals surface area contributed by atoms with E-state index in [0.717, 1.165) is 36.8 Å². The first-order chi connectivity index (χ1) is 10.8. The fourth-order valence-electron chi connectivity index (χ4n) is 3.03. The lowest BCUT2D eigenvalue weighted by Gasteiger charge is -2.24. The van der Waals surface area contributed by atoms with Crippen LogP contribution in [-0.2, 0) is 14.8 Å². The highest BCUT2D eigenvalue weighted by Gasteiger charge is 2.22. The van der Waals surface area contributed by atoms with Crippen LogP contribution in [0.15, 0.2) is 18.2 Å². The third-order valence-electron chi connectivity index (χ3n) is 4.30. The Hall–Kier alpha value is -1.56. The zero-order chi connectivity index (χ0) is 17.0. The number of carbonyl (C=O) groups excluding carboxylic acids is 1. The molecule has 1 aliphatic carbocycles. The molecule has 0 aromatic heterocycles. The molecule has 1 aromatic rings. The number of sulfonamides is 1. The Morgan fingerprint density at radius 1 is 1.26 bits per heavy atom. The smallest absolute Gasteiger partial charge is 0.232 e. The zero-order valence-corrected chi connectivity index (χ0v) is 14.9. The predicted molar refractivity (Wildman–Crippen MR) is 93.1 cm³/mol. The van der Waals surface area contributed by atoms with Gasteiger partial charge in [-0.25, -0.2) is 8.42 Å². The van der Waals surface area contributed by atoms with Gasteiger partial charge in [-0.2, -0.15) is 0 Å². The summed E-state index contributed by atoms with van der Waals surface area (Å²) in [5.41, 5.74) is 2.54. The van der Waals surface area contributed by atoms with Gasteiger partial charge in [-0.15, -0.1) is 0 Å². The number of carbonyl (C=O) groups is 1. The van der Waals surface area contributed by atoms with Crippen LogP contribution in [0.25, 0.3) is 0 Å². The summed E-state index contributed by atoms with van der Waals surface area (Å²) in [6.07, 6.45) is 5.73. The molecule has 1 N–H and O–H groups in total. The van der Waals surface area contributed by atoms with Crippen molar-refractivity contribution in [1.82, 2.24) is 5.32 Å². The van der Waals surface area contributed by atoms with E-state index in [1.165, 1.54) is 10.6 Å². The number of nitrogens with zero attached hydrogens (tertiary/aromatic N) is 1. The van der Waals surface area contributed by atoms with Gasteiger partial charge < -0.3 is 5.32 Å². The quantitative estimate of drug-likeness (QED) is 0.867. The molecule has 5 nitrogen and oxygen atoms in total. The van der Waals surface area contributed by atoms with E-state index in [0.29, 0.717) is 5.69 Å². The number of aryl methyl sites for hydroxylation is 2. The largest absolute Gasteiger partial charge is 0.353 e. The fraction of sp³-hybridized carbons (Fsp3) is 0.588. The van der Waals surface area contributed by atoms with E-state index in [9.17, 15) is 13.2 Å². The average Bonchev–Trinajstić information content (AvgIpc) is 2.94. The van der Waals surface area contributed by atoms with Crippen LogP contribution in [0.4, 0.5) is 5.69 Å². The zero-order valence-electron chi connectivity index (χ0n) is 14.1. The maximum Gasteiger partial charge on any atom is 0.232 e. The number of amides is 1. The Morgan fingerprint density at radius 2 is 1.91 bits per heavy atom. The Bertz CT molecular complexity index is 664. The Balaban J connectivity index is 2.07. The number of nitrogens with one attached hydrogen (secondary N) is 1. The second kappa shape index (κ2) is 7.34. The summed E-state index contributed by atoms with van der Waals surface area (Å²) in [5.74, 6) is -0.0733. The van der Waals surface area contributed by atoms with Crippen molar-refractivity contribution >= 4 is 21.6 Å². The van der Waals surface area contributed by atoms with Crippen LogP contribution in [-0.4, -0.2) is 33.2 Å². The van der Waals surface area contributed by atoms with Crippen LogP contribution in [0.1, 0.15) is 43.2 Å². The molecule has 2 rings (SSSR count). The summed E-state index contributed by atoms with van der Waals surface area (Å²) in [5, 5.41) is 3.00. The van der Waals surface area contributed by atoms with E-state index < -0.39 is 10.0 Å². The summed E-state index contributed by atoms with van der Waals surface area (Å²) in [6.45, 7) is 3.98. The van der Waals surface area contributed by atoms with Crippen molar-refractivity contribution in [3.63, 3.8) is 0 Å². The predicted octanol–water partition coefficient (Wildman–Crippen LogP) is 2.52. The van der Waals surface area contributed by atoms with Gasteiger partial charge in [0, 0.05) is 19.0 Å². The lowest BCUT2D eigenvalue weighted by Crippen LogP contribution is -2.37. The van der Waals surface area contributed by atoms with Gasteiger partial charge in [-0.1, -0.05) is 25.0 Å². The molecule has 0 unspecified atom stereocenters.